The second kappa shape index (κ2) is 4.06. The Kier molecular flexibility index (Phi) is 3.69. The number of carbonyl (C=O) groups is 2. The van der Waals surface area contributed by atoms with Gasteiger partial charge in [0.1, 0.15) is 6.04 Å². The Morgan fingerprint density at radius 1 is 1.17 bits per heavy atom. The average Bonchev–Trinajstić information content (AvgIpc) is 1.85. The summed E-state index contributed by atoms with van der Waals surface area (Å²) in [5, 5.41) is 17.1. The number of rotatable bonds is 4. The topological polar surface area (TPSA) is 101 Å². The van der Waals surface area contributed by atoms with Gasteiger partial charge >= 0.3 is 11.9 Å². The molecule has 0 heterocycles. The quantitative estimate of drug-likeness (QED) is 0.547. The number of nitrogens with two attached hydrogens (primary N) is 1. The van der Waals surface area contributed by atoms with E-state index < -0.39 is 23.9 Å². The Bertz CT molecular complexity index is 190. The van der Waals surface area contributed by atoms with Crippen molar-refractivity contribution in [3.8, 4) is 0 Å². The Balaban J connectivity index is 4.51. The highest BCUT2D eigenvalue weighted by Crippen LogP contribution is 2.14. The maximum Gasteiger partial charge on any atom is 0.321 e. The second-order valence-electron chi connectivity index (χ2n) is 2.97. The molecule has 0 unspecified atom stereocenters. The number of hydrogen-bond donors (Lipinski definition) is 3. The Labute approximate surface area is 70.2 Å². The van der Waals surface area contributed by atoms with E-state index in [1.165, 1.54) is 0 Å². The van der Waals surface area contributed by atoms with Crippen LogP contribution in [0.25, 0.3) is 0 Å². The minimum Gasteiger partial charge on any atom is -0.481 e. The lowest BCUT2D eigenvalue weighted by Gasteiger charge is -2.19. The van der Waals surface area contributed by atoms with Crippen LogP contribution in [0, 0.1) is 11.8 Å². The van der Waals surface area contributed by atoms with Crippen molar-refractivity contribution < 1.29 is 19.8 Å². The van der Waals surface area contributed by atoms with Crippen LogP contribution >= 0.6 is 0 Å². The molecule has 0 bridgehead atoms. The summed E-state index contributed by atoms with van der Waals surface area (Å²) in [5.41, 5.74) is 5.18. The van der Waals surface area contributed by atoms with Gasteiger partial charge in [-0.25, -0.2) is 0 Å². The molecule has 0 spiro atoms. The van der Waals surface area contributed by atoms with Gasteiger partial charge in [-0.2, -0.15) is 0 Å². The third-order valence-corrected chi connectivity index (χ3v) is 1.68. The monoisotopic (exact) mass is 175 g/mol. The van der Waals surface area contributed by atoms with Crippen molar-refractivity contribution in [2.45, 2.75) is 19.9 Å². The van der Waals surface area contributed by atoms with Crippen LogP contribution in [-0.2, 0) is 9.59 Å². The van der Waals surface area contributed by atoms with Crippen molar-refractivity contribution in [2.24, 2.45) is 17.6 Å². The molecule has 0 aliphatic heterocycles. The average molecular weight is 175 g/mol. The summed E-state index contributed by atoms with van der Waals surface area (Å²) in [5.74, 6) is -3.76. The number of carboxylic acids is 2. The van der Waals surface area contributed by atoms with E-state index in [4.69, 9.17) is 15.9 Å². The van der Waals surface area contributed by atoms with E-state index in [1.54, 1.807) is 13.8 Å². The molecule has 2 atom stereocenters. The smallest absolute Gasteiger partial charge is 0.321 e. The highest BCUT2D eigenvalue weighted by Gasteiger charge is 2.32. The molecule has 0 saturated carbocycles. The SMILES string of the molecule is CC(C)[C@H](C(=O)O)[C@H](N)C(=O)O. The summed E-state index contributed by atoms with van der Waals surface area (Å²) in [4.78, 5) is 20.9. The van der Waals surface area contributed by atoms with Gasteiger partial charge in [0.15, 0.2) is 0 Å². The lowest BCUT2D eigenvalue weighted by molar-refractivity contribution is -0.151. The molecule has 12 heavy (non-hydrogen) atoms. The first kappa shape index (κ1) is 10.9. The predicted molar refractivity (Wildman–Crippen MR) is 41.6 cm³/mol. The van der Waals surface area contributed by atoms with Gasteiger partial charge in [-0.15, -0.1) is 0 Å². The molecular weight excluding hydrogens is 162 g/mol. The predicted octanol–water partition coefficient (Wildman–Crippen LogP) is -0.245. The van der Waals surface area contributed by atoms with Gasteiger partial charge in [0.25, 0.3) is 0 Å². The normalized spacial score (nSPS) is 15.7. The van der Waals surface area contributed by atoms with E-state index >= 15 is 0 Å². The zero-order chi connectivity index (χ0) is 9.89. The molecule has 0 aromatic rings. The van der Waals surface area contributed by atoms with Gasteiger partial charge in [0.2, 0.25) is 0 Å². The van der Waals surface area contributed by atoms with Gasteiger partial charge in [0.05, 0.1) is 5.92 Å². The van der Waals surface area contributed by atoms with Crippen LogP contribution in [0.15, 0.2) is 0 Å². The van der Waals surface area contributed by atoms with Crippen LogP contribution in [0.2, 0.25) is 0 Å². The summed E-state index contributed by atoms with van der Waals surface area (Å²) < 4.78 is 0. The summed E-state index contributed by atoms with van der Waals surface area (Å²) in [7, 11) is 0. The number of aliphatic carboxylic acids is 2. The van der Waals surface area contributed by atoms with Crippen molar-refractivity contribution >= 4 is 11.9 Å². The van der Waals surface area contributed by atoms with Gasteiger partial charge < -0.3 is 15.9 Å². The largest absolute Gasteiger partial charge is 0.481 e. The molecule has 0 aromatic carbocycles. The van der Waals surface area contributed by atoms with Crippen LogP contribution in [0.4, 0.5) is 0 Å². The molecule has 0 rings (SSSR count). The highest BCUT2D eigenvalue weighted by atomic mass is 16.4. The van der Waals surface area contributed by atoms with E-state index in [2.05, 4.69) is 0 Å². The van der Waals surface area contributed by atoms with E-state index in [0.29, 0.717) is 0 Å². The summed E-state index contributed by atoms with van der Waals surface area (Å²) in [6.45, 7) is 3.25. The summed E-state index contributed by atoms with van der Waals surface area (Å²) >= 11 is 0. The molecule has 0 aliphatic rings. The maximum absolute atomic E-state index is 10.5. The Morgan fingerprint density at radius 3 is 1.67 bits per heavy atom. The first-order valence-electron chi connectivity index (χ1n) is 3.59. The molecule has 4 N–H and O–H groups in total. The zero-order valence-electron chi connectivity index (χ0n) is 7.02. The minimum absolute atomic E-state index is 0.284. The first-order valence-corrected chi connectivity index (χ1v) is 3.59. The Morgan fingerprint density at radius 2 is 1.58 bits per heavy atom. The van der Waals surface area contributed by atoms with Crippen LogP contribution in [0.3, 0.4) is 0 Å². The standard InChI is InChI=1S/C7H13NO4/c1-3(2)4(6(9)10)5(8)7(11)12/h3-5H,8H2,1-2H3,(H,9,10)(H,11,12)/t4-,5-/m0/s1. The minimum atomic E-state index is -1.33. The fourth-order valence-electron chi connectivity index (χ4n) is 1.01. The summed E-state index contributed by atoms with van der Waals surface area (Å²) in [6.07, 6.45) is 0. The second-order valence-corrected chi connectivity index (χ2v) is 2.97. The number of carboxylic acid groups (broad SMARTS) is 2. The van der Waals surface area contributed by atoms with Gasteiger partial charge in [-0.3, -0.25) is 9.59 Å². The van der Waals surface area contributed by atoms with Crippen LogP contribution < -0.4 is 5.73 Å². The third-order valence-electron chi connectivity index (χ3n) is 1.68. The molecule has 0 saturated heterocycles. The van der Waals surface area contributed by atoms with Crippen molar-refractivity contribution in [2.75, 3.05) is 0 Å². The van der Waals surface area contributed by atoms with Crippen molar-refractivity contribution in [3.63, 3.8) is 0 Å². The molecule has 0 amide bonds. The van der Waals surface area contributed by atoms with Gasteiger partial charge in [-0.05, 0) is 5.92 Å². The molecule has 0 radical (unpaired) electrons. The van der Waals surface area contributed by atoms with E-state index in [0.717, 1.165) is 0 Å². The highest BCUT2D eigenvalue weighted by molar-refractivity contribution is 5.82. The van der Waals surface area contributed by atoms with E-state index in [1.807, 2.05) is 0 Å². The molecule has 0 aromatic heterocycles. The fourth-order valence-corrected chi connectivity index (χ4v) is 1.01. The molecular formula is C7H13NO4. The van der Waals surface area contributed by atoms with Crippen molar-refractivity contribution in [1.82, 2.24) is 0 Å². The maximum atomic E-state index is 10.5. The Hall–Kier alpha value is -1.10. The van der Waals surface area contributed by atoms with Crippen LogP contribution in [0.1, 0.15) is 13.8 Å². The van der Waals surface area contributed by atoms with E-state index in [-0.39, 0.29) is 5.92 Å². The third kappa shape index (κ3) is 2.50. The van der Waals surface area contributed by atoms with Gasteiger partial charge in [0, 0.05) is 0 Å². The van der Waals surface area contributed by atoms with Crippen molar-refractivity contribution in [3.05, 3.63) is 0 Å². The van der Waals surface area contributed by atoms with Crippen LogP contribution in [-0.4, -0.2) is 28.2 Å². The molecule has 0 fully saturated rings. The molecule has 5 heteroatoms. The molecule has 0 aliphatic carbocycles. The van der Waals surface area contributed by atoms with Crippen LogP contribution in [0.5, 0.6) is 0 Å². The lowest BCUT2D eigenvalue weighted by Crippen LogP contribution is -2.44. The first-order chi connectivity index (χ1) is 5.37. The summed E-state index contributed by atoms with van der Waals surface area (Å²) in [6, 6.07) is -1.33. The zero-order valence-corrected chi connectivity index (χ0v) is 7.02. The molecule has 5 nitrogen and oxygen atoms in total. The molecule has 70 valence electrons. The van der Waals surface area contributed by atoms with E-state index in [9.17, 15) is 9.59 Å². The fraction of sp³-hybridized carbons (Fsp3) is 0.714. The van der Waals surface area contributed by atoms with Crippen molar-refractivity contribution in [1.29, 1.82) is 0 Å². The van der Waals surface area contributed by atoms with Gasteiger partial charge in [-0.1, -0.05) is 13.8 Å². The lowest BCUT2D eigenvalue weighted by atomic mass is 9.89. The number of hydrogen-bond acceptors (Lipinski definition) is 3.